The van der Waals surface area contributed by atoms with Crippen LogP contribution >= 0.6 is 0 Å². The molecule has 1 aliphatic rings. The summed E-state index contributed by atoms with van der Waals surface area (Å²) in [6, 6.07) is 8.50. The summed E-state index contributed by atoms with van der Waals surface area (Å²) in [7, 11) is 0. The molecule has 5 heteroatoms. The molecule has 1 amide bonds. The van der Waals surface area contributed by atoms with Crippen molar-refractivity contribution >= 4 is 5.91 Å². The van der Waals surface area contributed by atoms with Gasteiger partial charge in [-0.3, -0.25) is 9.69 Å². The predicted molar refractivity (Wildman–Crippen MR) is 99.8 cm³/mol. The number of ether oxygens (including phenoxy) is 1. The molecular formula is C20H32N2O3. The highest BCUT2D eigenvalue weighted by atomic mass is 16.5. The summed E-state index contributed by atoms with van der Waals surface area (Å²) in [4.78, 5) is 14.3. The number of nitrogens with zero attached hydrogens (tertiary/aromatic N) is 1. The Morgan fingerprint density at radius 3 is 2.36 bits per heavy atom. The molecule has 2 atom stereocenters. The normalized spacial score (nSPS) is 18.1. The Morgan fingerprint density at radius 2 is 1.76 bits per heavy atom. The van der Waals surface area contributed by atoms with Crippen LogP contribution in [0.5, 0.6) is 0 Å². The minimum atomic E-state index is -0.539. The maximum absolute atomic E-state index is 12.1. The number of benzene rings is 1. The number of carbonyl (C=O) groups is 1. The van der Waals surface area contributed by atoms with Gasteiger partial charge in [0.1, 0.15) is 0 Å². The molecule has 0 saturated carbocycles. The first kappa shape index (κ1) is 19.9. The Bertz CT molecular complexity index is 524. The van der Waals surface area contributed by atoms with E-state index < -0.39 is 6.10 Å². The summed E-state index contributed by atoms with van der Waals surface area (Å²) in [5.74, 6) is 0.666. The van der Waals surface area contributed by atoms with Crippen molar-refractivity contribution in [3.05, 3.63) is 35.4 Å². The quantitative estimate of drug-likeness (QED) is 0.755. The van der Waals surface area contributed by atoms with Crippen LogP contribution in [-0.4, -0.2) is 61.4 Å². The van der Waals surface area contributed by atoms with Gasteiger partial charge < -0.3 is 15.2 Å². The van der Waals surface area contributed by atoms with Gasteiger partial charge in [-0.2, -0.15) is 0 Å². The number of morpholine rings is 1. The molecular weight excluding hydrogens is 316 g/mol. The molecule has 5 nitrogen and oxygen atoms in total. The van der Waals surface area contributed by atoms with E-state index in [1.807, 2.05) is 0 Å². The summed E-state index contributed by atoms with van der Waals surface area (Å²) >= 11 is 0. The SMILES string of the molecule is CC(C)c1ccc(C(C)CC(=O)NCC(O)CN2CCOCC2)cc1. The molecule has 1 heterocycles. The Morgan fingerprint density at radius 1 is 1.16 bits per heavy atom. The van der Waals surface area contributed by atoms with Gasteiger partial charge in [-0.1, -0.05) is 45.0 Å². The van der Waals surface area contributed by atoms with Gasteiger partial charge in [0, 0.05) is 32.6 Å². The third-order valence-electron chi connectivity index (χ3n) is 4.77. The smallest absolute Gasteiger partial charge is 0.220 e. The number of carbonyl (C=O) groups excluding carboxylic acids is 1. The van der Waals surface area contributed by atoms with Crippen molar-refractivity contribution in [2.75, 3.05) is 39.4 Å². The minimum absolute atomic E-state index is 0.0125. The van der Waals surface area contributed by atoms with E-state index in [-0.39, 0.29) is 11.8 Å². The van der Waals surface area contributed by atoms with Crippen LogP contribution in [0, 0.1) is 0 Å². The van der Waals surface area contributed by atoms with Gasteiger partial charge in [-0.15, -0.1) is 0 Å². The molecule has 0 aromatic heterocycles. The number of aliphatic hydroxyl groups is 1. The van der Waals surface area contributed by atoms with Gasteiger partial charge in [0.05, 0.1) is 19.3 Å². The molecule has 0 spiro atoms. The topological polar surface area (TPSA) is 61.8 Å². The summed E-state index contributed by atoms with van der Waals surface area (Å²) in [5, 5.41) is 12.9. The van der Waals surface area contributed by atoms with Crippen LogP contribution in [0.25, 0.3) is 0 Å². The molecule has 1 aromatic carbocycles. The van der Waals surface area contributed by atoms with Crippen molar-refractivity contribution in [3.8, 4) is 0 Å². The molecule has 140 valence electrons. The van der Waals surface area contributed by atoms with Crippen molar-refractivity contribution in [1.82, 2.24) is 10.2 Å². The van der Waals surface area contributed by atoms with Crippen LogP contribution in [0.1, 0.15) is 50.2 Å². The van der Waals surface area contributed by atoms with E-state index in [1.165, 1.54) is 11.1 Å². The van der Waals surface area contributed by atoms with Crippen LogP contribution in [0.4, 0.5) is 0 Å². The molecule has 1 aromatic rings. The highest BCUT2D eigenvalue weighted by Crippen LogP contribution is 2.22. The first-order chi connectivity index (χ1) is 12.0. The third-order valence-corrected chi connectivity index (χ3v) is 4.77. The molecule has 2 rings (SSSR count). The number of nitrogens with one attached hydrogen (secondary N) is 1. The average molecular weight is 348 g/mol. The van der Waals surface area contributed by atoms with Crippen LogP contribution in [-0.2, 0) is 9.53 Å². The first-order valence-electron chi connectivity index (χ1n) is 9.30. The second-order valence-electron chi connectivity index (χ2n) is 7.30. The van der Waals surface area contributed by atoms with Gasteiger partial charge in [-0.25, -0.2) is 0 Å². The number of hydrogen-bond acceptors (Lipinski definition) is 4. The van der Waals surface area contributed by atoms with Crippen molar-refractivity contribution in [2.45, 2.75) is 45.1 Å². The number of hydrogen-bond donors (Lipinski definition) is 2. The Balaban J connectivity index is 1.71. The van der Waals surface area contributed by atoms with E-state index in [0.717, 1.165) is 13.1 Å². The predicted octanol–water partition coefficient (Wildman–Crippen LogP) is 2.11. The van der Waals surface area contributed by atoms with Crippen molar-refractivity contribution in [2.24, 2.45) is 0 Å². The van der Waals surface area contributed by atoms with Gasteiger partial charge in [0.2, 0.25) is 5.91 Å². The molecule has 1 saturated heterocycles. The first-order valence-corrected chi connectivity index (χ1v) is 9.30. The molecule has 0 bridgehead atoms. The van der Waals surface area contributed by atoms with Gasteiger partial charge in [-0.05, 0) is 23.0 Å². The second kappa shape index (κ2) is 9.90. The minimum Gasteiger partial charge on any atom is -0.390 e. The molecule has 2 unspecified atom stereocenters. The molecule has 0 radical (unpaired) electrons. The van der Waals surface area contributed by atoms with E-state index in [2.05, 4.69) is 55.3 Å². The zero-order valence-electron chi connectivity index (χ0n) is 15.7. The Hall–Kier alpha value is -1.43. The van der Waals surface area contributed by atoms with Crippen molar-refractivity contribution in [3.63, 3.8) is 0 Å². The number of aliphatic hydroxyl groups excluding tert-OH is 1. The maximum Gasteiger partial charge on any atom is 0.220 e. The Labute approximate surface area is 151 Å². The Kier molecular flexibility index (Phi) is 7.88. The molecule has 25 heavy (non-hydrogen) atoms. The summed E-state index contributed by atoms with van der Waals surface area (Å²) in [5.41, 5.74) is 2.49. The van der Waals surface area contributed by atoms with Gasteiger partial charge in [0.25, 0.3) is 0 Å². The van der Waals surface area contributed by atoms with Crippen molar-refractivity contribution in [1.29, 1.82) is 0 Å². The number of amides is 1. The fourth-order valence-electron chi connectivity index (χ4n) is 3.06. The van der Waals surface area contributed by atoms with E-state index in [1.54, 1.807) is 0 Å². The van der Waals surface area contributed by atoms with E-state index >= 15 is 0 Å². The highest BCUT2D eigenvalue weighted by Gasteiger charge is 2.16. The van der Waals surface area contributed by atoms with Gasteiger partial charge in [0.15, 0.2) is 0 Å². The summed E-state index contributed by atoms with van der Waals surface area (Å²) in [6.45, 7) is 10.4. The zero-order chi connectivity index (χ0) is 18.2. The van der Waals surface area contributed by atoms with E-state index in [0.29, 0.717) is 38.6 Å². The molecule has 1 aliphatic heterocycles. The average Bonchev–Trinajstić information content (AvgIpc) is 2.61. The number of β-amino-alcohol motifs (C(OH)–C–C–N with tert-alkyl or cyclic N) is 1. The van der Waals surface area contributed by atoms with E-state index in [4.69, 9.17) is 4.74 Å². The zero-order valence-corrected chi connectivity index (χ0v) is 15.7. The maximum atomic E-state index is 12.1. The highest BCUT2D eigenvalue weighted by molar-refractivity contribution is 5.76. The molecule has 0 aliphatic carbocycles. The standard InChI is InChI=1S/C20H32N2O3/c1-15(2)17-4-6-18(7-5-17)16(3)12-20(24)21-13-19(23)14-22-8-10-25-11-9-22/h4-7,15-16,19,23H,8-14H2,1-3H3,(H,21,24). The number of rotatable bonds is 8. The summed E-state index contributed by atoms with van der Waals surface area (Å²) in [6.07, 6.45) is -0.103. The lowest BCUT2D eigenvalue weighted by molar-refractivity contribution is -0.122. The monoisotopic (exact) mass is 348 g/mol. The van der Waals surface area contributed by atoms with Crippen molar-refractivity contribution < 1.29 is 14.6 Å². The lowest BCUT2D eigenvalue weighted by Gasteiger charge is -2.28. The van der Waals surface area contributed by atoms with Crippen LogP contribution in [0.2, 0.25) is 0 Å². The van der Waals surface area contributed by atoms with Crippen LogP contribution < -0.4 is 5.32 Å². The second-order valence-corrected chi connectivity index (χ2v) is 7.30. The molecule has 1 fully saturated rings. The third kappa shape index (κ3) is 6.77. The fourth-order valence-corrected chi connectivity index (χ4v) is 3.06. The van der Waals surface area contributed by atoms with Gasteiger partial charge >= 0.3 is 0 Å². The molecule has 2 N–H and O–H groups in total. The van der Waals surface area contributed by atoms with E-state index in [9.17, 15) is 9.90 Å². The lowest BCUT2D eigenvalue weighted by Crippen LogP contribution is -2.44. The largest absolute Gasteiger partial charge is 0.390 e. The van der Waals surface area contributed by atoms with Crippen LogP contribution in [0.15, 0.2) is 24.3 Å². The summed E-state index contributed by atoms with van der Waals surface area (Å²) < 4.78 is 5.29. The lowest BCUT2D eigenvalue weighted by atomic mass is 9.94. The fraction of sp³-hybridized carbons (Fsp3) is 0.650. The van der Waals surface area contributed by atoms with Crippen LogP contribution in [0.3, 0.4) is 0 Å².